The van der Waals surface area contributed by atoms with Gasteiger partial charge in [0.1, 0.15) is 42.7 Å². The van der Waals surface area contributed by atoms with Gasteiger partial charge in [0.15, 0.2) is 6.29 Å². The van der Waals surface area contributed by atoms with Crippen molar-refractivity contribution in [3.8, 4) is 0 Å². The van der Waals surface area contributed by atoms with Crippen LogP contribution in [0.5, 0.6) is 0 Å². The van der Waals surface area contributed by atoms with Gasteiger partial charge in [0.25, 0.3) is 0 Å². The molecule has 9 heteroatoms. The largest absolute Gasteiger partial charge is 0.388 e. The van der Waals surface area contributed by atoms with Crippen molar-refractivity contribution in [1.29, 1.82) is 0 Å². The zero-order valence-electron chi connectivity index (χ0n) is 32.7. The molecule has 2 aliphatic heterocycles. The van der Waals surface area contributed by atoms with Crippen LogP contribution in [0, 0.1) is 0 Å². The van der Waals surface area contributed by atoms with Crippen LogP contribution in [0.25, 0.3) is 0 Å². The highest BCUT2D eigenvalue weighted by Crippen LogP contribution is 2.35. The third kappa shape index (κ3) is 11.4. The van der Waals surface area contributed by atoms with Gasteiger partial charge in [-0.05, 0) is 41.7 Å². The zero-order chi connectivity index (χ0) is 39.2. The molecule has 0 aliphatic carbocycles. The molecule has 5 aromatic rings. The van der Waals surface area contributed by atoms with Crippen molar-refractivity contribution < 1.29 is 43.0 Å². The number of aliphatic hydroxyl groups is 1. The van der Waals surface area contributed by atoms with Crippen LogP contribution in [0.3, 0.4) is 0 Å². The van der Waals surface area contributed by atoms with E-state index in [1.165, 1.54) is 0 Å². The first-order valence-corrected chi connectivity index (χ1v) is 19.9. The van der Waals surface area contributed by atoms with Crippen LogP contribution in [0.4, 0.5) is 0 Å². The Kier molecular flexibility index (Phi) is 15.0. The van der Waals surface area contributed by atoms with Gasteiger partial charge in [-0.2, -0.15) is 0 Å². The Bertz CT molecular complexity index is 1850. The topological polar surface area (TPSA) is 94.1 Å². The molecule has 2 saturated heterocycles. The van der Waals surface area contributed by atoms with E-state index in [9.17, 15) is 5.11 Å². The quantitative estimate of drug-likeness (QED) is 0.0957. The fraction of sp³-hybridized carbons (Fsp3) is 0.375. The Morgan fingerprint density at radius 1 is 0.421 bits per heavy atom. The SMILES string of the molecule is CC1O[C@@H](C)C(O)[C@@H](OC2O[C@@H](COCc3ccccc3)[C@@H](OCc3ccccc3)C(OCc3ccccc3)C2OCc2ccccc2)[C@H]1OCc1ccccc1. The van der Waals surface area contributed by atoms with Crippen molar-refractivity contribution in [1.82, 2.24) is 0 Å². The van der Waals surface area contributed by atoms with E-state index in [1.54, 1.807) is 0 Å². The molecule has 300 valence electrons. The van der Waals surface area contributed by atoms with Gasteiger partial charge < -0.3 is 43.0 Å². The molecule has 2 heterocycles. The van der Waals surface area contributed by atoms with Crippen LogP contribution in [-0.2, 0) is 70.9 Å². The molecular weight excluding hydrogens is 721 g/mol. The molecule has 5 unspecified atom stereocenters. The van der Waals surface area contributed by atoms with Crippen molar-refractivity contribution in [3.05, 3.63) is 179 Å². The van der Waals surface area contributed by atoms with Crippen molar-refractivity contribution in [2.24, 2.45) is 0 Å². The minimum atomic E-state index is -1.02. The van der Waals surface area contributed by atoms with Gasteiger partial charge in [-0.3, -0.25) is 0 Å². The molecule has 0 radical (unpaired) electrons. The molecule has 0 spiro atoms. The van der Waals surface area contributed by atoms with E-state index in [2.05, 4.69) is 0 Å². The maximum Gasteiger partial charge on any atom is 0.187 e. The summed E-state index contributed by atoms with van der Waals surface area (Å²) < 4.78 is 53.5. The van der Waals surface area contributed by atoms with Crippen molar-refractivity contribution in [2.45, 2.75) is 108 Å². The zero-order valence-corrected chi connectivity index (χ0v) is 32.7. The molecule has 9 nitrogen and oxygen atoms in total. The first-order valence-electron chi connectivity index (χ1n) is 19.9. The maximum atomic E-state index is 11.8. The van der Waals surface area contributed by atoms with Crippen LogP contribution in [0.2, 0.25) is 0 Å². The Balaban J connectivity index is 1.23. The first-order chi connectivity index (χ1) is 28.0. The number of aliphatic hydroxyl groups excluding tert-OH is 1. The highest BCUT2D eigenvalue weighted by molar-refractivity contribution is 5.17. The minimum absolute atomic E-state index is 0.182. The molecule has 0 saturated carbocycles. The molecule has 7 rings (SSSR count). The third-order valence-electron chi connectivity index (χ3n) is 10.5. The minimum Gasteiger partial charge on any atom is -0.388 e. The lowest BCUT2D eigenvalue weighted by molar-refractivity contribution is -0.358. The van der Waals surface area contributed by atoms with Crippen LogP contribution in [0.15, 0.2) is 152 Å². The summed E-state index contributed by atoms with van der Waals surface area (Å²) in [5, 5.41) is 11.8. The molecule has 57 heavy (non-hydrogen) atoms. The lowest BCUT2D eigenvalue weighted by atomic mass is 9.94. The summed E-state index contributed by atoms with van der Waals surface area (Å²) in [6, 6.07) is 50.0. The standard InChI is InChI=1S/C48H54O9/c1-34-42(49)45(43(35(2)55-34)51-29-37-20-10-4-11-21-37)57-48-47(54-32-40-26-16-7-17-27-40)46(53-31-39-24-14-6-15-25-39)44(52-30-38-22-12-5-13-23-38)41(56-48)33-50-28-36-18-8-3-9-19-36/h3-27,34-35,41-49H,28-33H2,1-2H3/t34-,35?,41-,42?,43-,44+,45+,46?,47?,48?/m0/s1. The van der Waals surface area contributed by atoms with Crippen molar-refractivity contribution in [3.63, 3.8) is 0 Å². The van der Waals surface area contributed by atoms with Gasteiger partial charge in [0, 0.05) is 0 Å². The van der Waals surface area contributed by atoms with E-state index in [4.69, 9.17) is 37.9 Å². The fourth-order valence-corrected chi connectivity index (χ4v) is 7.39. The molecule has 0 aromatic heterocycles. The smallest absolute Gasteiger partial charge is 0.187 e. The van der Waals surface area contributed by atoms with Crippen LogP contribution < -0.4 is 0 Å². The van der Waals surface area contributed by atoms with Gasteiger partial charge in [0.2, 0.25) is 0 Å². The van der Waals surface area contributed by atoms with E-state index in [-0.39, 0.29) is 19.3 Å². The summed E-state index contributed by atoms with van der Waals surface area (Å²) in [5.74, 6) is 0. The van der Waals surface area contributed by atoms with Crippen LogP contribution in [0.1, 0.15) is 41.7 Å². The Morgan fingerprint density at radius 2 is 0.807 bits per heavy atom. The second-order valence-corrected chi connectivity index (χ2v) is 14.7. The van der Waals surface area contributed by atoms with Crippen LogP contribution >= 0.6 is 0 Å². The average Bonchev–Trinajstić information content (AvgIpc) is 3.25. The number of ether oxygens (including phenoxy) is 8. The van der Waals surface area contributed by atoms with E-state index in [0.29, 0.717) is 26.4 Å². The summed E-state index contributed by atoms with van der Waals surface area (Å²) >= 11 is 0. The average molecular weight is 775 g/mol. The predicted molar refractivity (Wildman–Crippen MR) is 216 cm³/mol. The third-order valence-corrected chi connectivity index (χ3v) is 10.5. The number of benzene rings is 5. The van der Waals surface area contributed by atoms with Crippen LogP contribution in [-0.4, -0.2) is 72.9 Å². The highest BCUT2D eigenvalue weighted by Gasteiger charge is 2.52. The van der Waals surface area contributed by atoms with Gasteiger partial charge in [-0.15, -0.1) is 0 Å². The van der Waals surface area contributed by atoms with E-state index in [0.717, 1.165) is 27.8 Å². The Morgan fingerprint density at radius 3 is 1.26 bits per heavy atom. The van der Waals surface area contributed by atoms with E-state index < -0.39 is 55.1 Å². The van der Waals surface area contributed by atoms with Gasteiger partial charge in [0.05, 0.1) is 51.8 Å². The lowest BCUT2D eigenvalue weighted by Crippen LogP contribution is -2.65. The number of rotatable bonds is 18. The lowest BCUT2D eigenvalue weighted by Gasteiger charge is -2.49. The van der Waals surface area contributed by atoms with E-state index >= 15 is 0 Å². The Labute approximate surface area is 336 Å². The molecule has 0 amide bonds. The summed E-state index contributed by atoms with van der Waals surface area (Å²) in [6.07, 6.45) is -7.16. The fourth-order valence-electron chi connectivity index (χ4n) is 7.39. The molecule has 1 N–H and O–H groups in total. The second-order valence-electron chi connectivity index (χ2n) is 14.7. The highest BCUT2D eigenvalue weighted by atomic mass is 16.7. The summed E-state index contributed by atoms with van der Waals surface area (Å²) in [5.41, 5.74) is 5.02. The molecule has 0 bridgehead atoms. The predicted octanol–water partition coefficient (Wildman–Crippen LogP) is 7.82. The first kappa shape index (κ1) is 40.9. The molecular formula is C48H54O9. The normalized spacial score (nSPS) is 27.6. The van der Waals surface area contributed by atoms with Crippen molar-refractivity contribution in [2.75, 3.05) is 6.61 Å². The monoisotopic (exact) mass is 774 g/mol. The number of hydrogen-bond acceptors (Lipinski definition) is 9. The molecule has 2 aliphatic rings. The molecule has 2 fully saturated rings. The summed E-state index contributed by atoms with van der Waals surface area (Å²) in [4.78, 5) is 0. The second kappa shape index (κ2) is 20.9. The summed E-state index contributed by atoms with van der Waals surface area (Å²) in [6.45, 7) is 5.53. The molecule has 5 aromatic carbocycles. The van der Waals surface area contributed by atoms with Crippen molar-refractivity contribution >= 4 is 0 Å². The van der Waals surface area contributed by atoms with Gasteiger partial charge in [-0.1, -0.05) is 152 Å². The number of hydrogen-bond donors (Lipinski definition) is 1. The maximum absolute atomic E-state index is 11.8. The summed E-state index contributed by atoms with van der Waals surface area (Å²) in [7, 11) is 0. The Hall–Kier alpha value is -4.26. The molecule has 10 atom stereocenters. The van der Waals surface area contributed by atoms with E-state index in [1.807, 2.05) is 166 Å². The van der Waals surface area contributed by atoms with Gasteiger partial charge >= 0.3 is 0 Å². The van der Waals surface area contributed by atoms with Gasteiger partial charge in [-0.25, -0.2) is 0 Å².